The summed E-state index contributed by atoms with van der Waals surface area (Å²) in [5, 5.41) is 2.85. The second-order valence-corrected chi connectivity index (χ2v) is 7.30. The second kappa shape index (κ2) is 7.80. The number of anilines is 1. The number of amides is 1. The van der Waals surface area contributed by atoms with Crippen LogP contribution in [0, 0.1) is 5.92 Å². The van der Waals surface area contributed by atoms with Crippen molar-refractivity contribution >= 4 is 34.0 Å². The van der Waals surface area contributed by atoms with E-state index in [4.69, 9.17) is 5.73 Å². The van der Waals surface area contributed by atoms with E-state index in [9.17, 15) is 13.2 Å². The van der Waals surface area contributed by atoms with Gasteiger partial charge in [0.1, 0.15) is 0 Å². The topological polar surface area (TPSA) is 101 Å². The zero-order valence-corrected chi connectivity index (χ0v) is 14.0. The van der Waals surface area contributed by atoms with Crippen molar-refractivity contribution in [2.24, 2.45) is 5.92 Å². The van der Waals surface area contributed by atoms with E-state index < -0.39 is 10.0 Å². The van der Waals surface area contributed by atoms with Crippen LogP contribution in [0.5, 0.6) is 0 Å². The van der Waals surface area contributed by atoms with Crippen molar-refractivity contribution in [1.82, 2.24) is 10.0 Å². The lowest BCUT2D eigenvalue weighted by Gasteiger charge is -2.20. The number of hydrogen-bond donors (Lipinski definition) is 3. The van der Waals surface area contributed by atoms with Crippen LogP contribution in [0.1, 0.15) is 29.6 Å². The fourth-order valence-corrected chi connectivity index (χ4v) is 3.58. The van der Waals surface area contributed by atoms with Gasteiger partial charge in [-0.1, -0.05) is 12.5 Å². The van der Waals surface area contributed by atoms with Crippen LogP contribution in [0.2, 0.25) is 0 Å². The molecule has 0 heterocycles. The van der Waals surface area contributed by atoms with Gasteiger partial charge in [-0.05, 0) is 37.0 Å². The van der Waals surface area contributed by atoms with Crippen molar-refractivity contribution in [2.75, 3.05) is 18.5 Å². The summed E-state index contributed by atoms with van der Waals surface area (Å²) in [4.78, 5) is 12.0. The molecule has 22 heavy (non-hydrogen) atoms. The molecule has 4 N–H and O–H groups in total. The molecule has 2 rings (SSSR count). The fraction of sp³-hybridized carbons (Fsp3) is 0.500. The molecule has 1 fully saturated rings. The SMILES string of the molecule is CS(=O)(=O)NC1CCCC1CNC(=O)c1cccc(N)c1.Cl. The van der Waals surface area contributed by atoms with Crippen LogP contribution >= 0.6 is 12.4 Å². The van der Waals surface area contributed by atoms with Crippen LogP contribution in [-0.4, -0.2) is 33.2 Å². The molecule has 124 valence electrons. The number of rotatable bonds is 5. The molecule has 8 heteroatoms. The Hall–Kier alpha value is -1.31. The van der Waals surface area contributed by atoms with Gasteiger partial charge in [0.15, 0.2) is 0 Å². The molecule has 1 aliphatic carbocycles. The number of halogens is 1. The number of nitrogens with two attached hydrogens (primary N) is 1. The van der Waals surface area contributed by atoms with E-state index in [1.165, 1.54) is 0 Å². The lowest BCUT2D eigenvalue weighted by molar-refractivity contribution is 0.0946. The molecule has 0 aliphatic heterocycles. The van der Waals surface area contributed by atoms with E-state index in [2.05, 4.69) is 10.0 Å². The molecule has 0 saturated heterocycles. The molecule has 2 atom stereocenters. The van der Waals surface area contributed by atoms with E-state index in [0.29, 0.717) is 17.8 Å². The van der Waals surface area contributed by atoms with Gasteiger partial charge < -0.3 is 11.1 Å². The molecule has 1 aromatic rings. The Morgan fingerprint density at radius 3 is 2.73 bits per heavy atom. The molecule has 2 unspecified atom stereocenters. The van der Waals surface area contributed by atoms with Crippen molar-refractivity contribution in [1.29, 1.82) is 0 Å². The van der Waals surface area contributed by atoms with E-state index in [1.807, 2.05) is 0 Å². The Bertz CT molecular complexity index is 622. The summed E-state index contributed by atoms with van der Waals surface area (Å²) < 4.78 is 25.3. The third-order valence-corrected chi connectivity index (χ3v) is 4.43. The first-order valence-corrected chi connectivity index (χ1v) is 8.85. The highest BCUT2D eigenvalue weighted by atomic mass is 35.5. The van der Waals surface area contributed by atoms with Crippen LogP contribution < -0.4 is 15.8 Å². The molecule has 0 spiro atoms. The summed E-state index contributed by atoms with van der Waals surface area (Å²) >= 11 is 0. The lowest BCUT2D eigenvalue weighted by atomic mass is 10.0. The van der Waals surface area contributed by atoms with Crippen LogP contribution in [0.15, 0.2) is 24.3 Å². The number of benzene rings is 1. The van der Waals surface area contributed by atoms with Crippen molar-refractivity contribution in [2.45, 2.75) is 25.3 Å². The number of hydrogen-bond acceptors (Lipinski definition) is 4. The van der Waals surface area contributed by atoms with E-state index >= 15 is 0 Å². The minimum Gasteiger partial charge on any atom is -0.399 e. The Balaban J connectivity index is 0.00000242. The molecular formula is C14H22ClN3O3S. The van der Waals surface area contributed by atoms with Gasteiger partial charge >= 0.3 is 0 Å². The van der Waals surface area contributed by atoms with Crippen molar-refractivity contribution in [3.8, 4) is 0 Å². The number of nitrogen functional groups attached to an aromatic ring is 1. The maximum Gasteiger partial charge on any atom is 0.251 e. The van der Waals surface area contributed by atoms with Gasteiger partial charge in [0.25, 0.3) is 5.91 Å². The lowest BCUT2D eigenvalue weighted by Crippen LogP contribution is -2.41. The standard InChI is InChI=1S/C14H21N3O3S.ClH/c1-21(19,20)17-13-7-3-5-11(13)9-16-14(18)10-4-2-6-12(15)8-10;/h2,4,6,8,11,13,17H,3,5,7,9,15H2,1H3,(H,16,18);1H. The van der Waals surface area contributed by atoms with Gasteiger partial charge in [0.2, 0.25) is 10.0 Å². The molecule has 1 aromatic carbocycles. The Morgan fingerprint density at radius 1 is 1.36 bits per heavy atom. The zero-order valence-electron chi connectivity index (χ0n) is 12.4. The first kappa shape index (κ1) is 18.7. The first-order valence-electron chi connectivity index (χ1n) is 6.96. The molecule has 1 saturated carbocycles. The normalized spacial score (nSPS) is 21.1. The number of carbonyl (C=O) groups is 1. The molecule has 0 aromatic heterocycles. The molecule has 6 nitrogen and oxygen atoms in total. The van der Waals surface area contributed by atoms with Crippen LogP contribution in [-0.2, 0) is 10.0 Å². The van der Waals surface area contributed by atoms with Crippen molar-refractivity contribution in [3.63, 3.8) is 0 Å². The predicted molar refractivity (Wildman–Crippen MR) is 89.5 cm³/mol. The summed E-state index contributed by atoms with van der Waals surface area (Å²) in [7, 11) is -3.22. The maximum atomic E-state index is 12.0. The van der Waals surface area contributed by atoms with Crippen LogP contribution in [0.4, 0.5) is 5.69 Å². The van der Waals surface area contributed by atoms with E-state index in [-0.39, 0.29) is 30.3 Å². The van der Waals surface area contributed by atoms with Gasteiger partial charge in [-0.2, -0.15) is 0 Å². The second-order valence-electron chi connectivity index (χ2n) is 5.52. The average molecular weight is 348 g/mol. The fourth-order valence-electron chi connectivity index (χ4n) is 2.72. The first-order chi connectivity index (χ1) is 9.85. The molecule has 1 amide bonds. The van der Waals surface area contributed by atoms with Gasteiger partial charge in [-0.15, -0.1) is 12.4 Å². The minimum absolute atomic E-state index is 0. The Kier molecular flexibility index (Phi) is 6.65. The van der Waals surface area contributed by atoms with E-state index in [1.54, 1.807) is 24.3 Å². The van der Waals surface area contributed by atoms with Crippen LogP contribution in [0.3, 0.4) is 0 Å². The van der Waals surface area contributed by atoms with Gasteiger partial charge in [-0.3, -0.25) is 4.79 Å². The summed E-state index contributed by atoms with van der Waals surface area (Å²) in [6.07, 6.45) is 3.84. The maximum absolute atomic E-state index is 12.0. The van der Waals surface area contributed by atoms with Crippen LogP contribution in [0.25, 0.3) is 0 Å². The minimum atomic E-state index is -3.22. The highest BCUT2D eigenvalue weighted by Crippen LogP contribution is 2.25. The molecule has 0 radical (unpaired) electrons. The Labute approximate surface area is 137 Å². The number of carbonyl (C=O) groups excluding carboxylic acids is 1. The smallest absolute Gasteiger partial charge is 0.251 e. The highest BCUT2D eigenvalue weighted by molar-refractivity contribution is 7.88. The zero-order chi connectivity index (χ0) is 15.5. The van der Waals surface area contributed by atoms with Gasteiger partial charge in [0.05, 0.1) is 6.26 Å². The summed E-state index contributed by atoms with van der Waals surface area (Å²) in [6, 6.07) is 6.68. The summed E-state index contributed by atoms with van der Waals surface area (Å²) in [6.45, 7) is 0.459. The predicted octanol–water partition coefficient (Wildman–Crippen LogP) is 1.14. The average Bonchev–Trinajstić information content (AvgIpc) is 2.81. The molecule has 0 bridgehead atoms. The third-order valence-electron chi connectivity index (χ3n) is 3.70. The van der Waals surface area contributed by atoms with Gasteiger partial charge in [-0.25, -0.2) is 13.1 Å². The summed E-state index contributed by atoms with van der Waals surface area (Å²) in [5.74, 6) is -0.0583. The van der Waals surface area contributed by atoms with E-state index in [0.717, 1.165) is 25.5 Å². The third kappa shape index (κ3) is 5.47. The largest absolute Gasteiger partial charge is 0.399 e. The Morgan fingerprint density at radius 2 is 2.09 bits per heavy atom. The van der Waals surface area contributed by atoms with Gasteiger partial charge in [0, 0.05) is 23.8 Å². The quantitative estimate of drug-likeness (QED) is 0.695. The van der Waals surface area contributed by atoms with Crippen molar-refractivity contribution in [3.05, 3.63) is 29.8 Å². The molecule has 1 aliphatic rings. The number of nitrogens with one attached hydrogen (secondary N) is 2. The van der Waals surface area contributed by atoms with Crippen molar-refractivity contribution < 1.29 is 13.2 Å². The summed E-state index contributed by atoms with van der Waals surface area (Å²) in [5.41, 5.74) is 6.71. The number of sulfonamides is 1. The highest BCUT2D eigenvalue weighted by Gasteiger charge is 2.29. The molecular weight excluding hydrogens is 326 g/mol. The monoisotopic (exact) mass is 347 g/mol.